The topological polar surface area (TPSA) is 60.1 Å². The number of nitrogens with one attached hydrogen (secondary N) is 1. The zero-order chi connectivity index (χ0) is 18.8. The number of furan rings is 1. The first-order valence-electron chi connectivity index (χ1n) is 8.99. The molecule has 4 rings (SSSR count). The van der Waals surface area contributed by atoms with Crippen molar-refractivity contribution >= 4 is 16.9 Å². The van der Waals surface area contributed by atoms with E-state index < -0.39 is 0 Å². The van der Waals surface area contributed by atoms with Crippen molar-refractivity contribution in [3.63, 3.8) is 0 Å². The van der Waals surface area contributed by atoms with Crippen LogP contribution in [-0.2, 0) is 6.42 Å². The SMILES string of the molecule is Cc1cc(C)n(-c2ccc(CCNC(=O)c3cc4ccccc4o3)cc2)n1. The standard InChI is InChI=1S/C22H21N3O2/c1-15-13-16(2)25(24-15)19-9-7-17(8-10-19)11-12-23-22(26)21-14-18-5-3-4-6-20(18)27-21/h3-10,13-14H,11-12H2,1-2H3,(H,23,26). The molecule has 2 aromatic carbocycles. The Balaban J connectivity index is 1.36. The van der Waals surface area contributed by atoms with Gasteiger partial charge in [0.1, 0.15) is 5.58 Å². The molecular formula is C22H21N3O2. The number of para-hydroxylation sites is 1. The third-order valence-electron chi connectivity index (χ3n) is 4.54. The van der Waals surface area contributed by atoms with Gasteiger partial charge in [0.05, 0.1) is 11.4 Å². The Kier molecular flexibility index (Phi) is 4.50. The first kappa shape index (κ1) is 17.1. The van der Waals surface area contributed by atoms with Crippen molar-refractivity contribution in [3.8, 4) is 5.69 Å². The van der Waals surface area contributed by atoms with Crippen molar-refractivity contribution in [1.29, 1.82) is 0 Å². The van der Waals surface area contributed by atoms with Crippen LogP contribution in [0.4, 0.5) is 0 Å². The number of rotatable bonds is 5. The Bertz CT molecular complexity index is 1060. The predicted octanol–water partition coefficient (Wildman–Crippen LogP) is 4.21. The molecule has 5 heteroatoms. The van der Waals surface area contributed by atoms with Gasteiger partial charge in [0, 0.05) is 17.6 Å². The zero-order valence-electron chi connectivity index (χ0n) is 15.4. The number of benzene rings is 2. The van der Waals surface area contributed by atoms with Crippen LogP contribution in [0.15, 0.2) is 65.1 Å². The van der Waals surface area contributed by atoms with Crippen LogP contribution in [0.1, 0.15) is 27.5 Å². The molecule has 0 atom stereocenters. The second-order valence-corrected chi connectivity index (χ2v) is 6.66. The fraction of sp³-hybridized carbons (Fsp3) is 0.182. The van der Waals surface area contributed by atoms with E-state index in [2.05, 4.69) is 40.7 Å². The van der Waals surface area contributed by atoms with Crippen LogP contribution in [0, 0.1) is 13.8 Å². The Morgan fingerprint density at radius 3 is 2.56 bits per heavy atom. The molecule has 0 radical (unpaired) electrons. The maximum Gasteiger partial charge on any atom is 0.287 e. The number of carbonyl (C=O) groups excluding carboxylic acids is 1. The molecule has 0 bridgehead atoms. The molecule has 2 heterocycles. The van der Waals surface area contributed by atoms with Crippen molar-refractivity contribution in [2.75, 3.05) is 6.54 Å². The summed E-state index contributed by atoms with van der Waals surface area (Å²) in [5, 5.41) is 8.35. The van der Waals surface area contributed by atoms with Crippen LogP contribution in [0.2, 0.25) is 0 Å². The largest absolute Gasteiger partial charge is 0.451 e. The number of carbonyl (C=O) groups is 1. The Hall–Kier alpha value is -3.34. The van der Waals surface area contributed by atoms with E-state index in [1.807, 2.05) is 42.8 Å². The molecule has 0 saturated carbocycles. The maximum atomic E-state index is 12.3. The molecular weight excluding hydrogens is 338 g/mol. The third-order valence-corrected chi connectivity index (χ3v) is 4.54. The Morgan fingerprint density at radius 2 is 1.85 bits per heavy atom. The van der Waals surface area contributed by atoms with Crippen LogP contribution in [0.25, 0.3) is 16.7 Å². The summed E-state index contributed by atoms with van der Waals surface area (Å²) in [6.07, 6.45) is 0.753. The molecule has 2 aromatic heterocycles. The number of nitrogens with zero attached hydrogens (tertiary/aromatic N) is 2. The minimum Gasteiger partial charge on any atom is -0.451 e. The highest BCUT2D eigenvalue weighted by Gasteiger charge is 2.11. The molecule has 0 aliphatic rings. The fourth-order valence-electron chi connectivity index (χ4n) is 3.20. The van der Waals surface area contributed by atoms with Crippen LogP contribution in [0.3, 0.4) is 0 Å². The van der Waals surface area contributed by atoms with E-state index in [1.165, 1.54) is 0 Å². The molecule has 0 saturated heterocycles. The quantitative estimate of drug-likeness (QED) is 0.581. The van der Waals surface area contributed by atoms with Gasteiger partial charge in [-0.2, -0.15) is 5.10 Å². The lowest BCUT2D eigenvalue weighted by atomic mass is 10.1. The molecule has 1 N–H and O–H groups in total. The molecule has 27 heavy (non-hydrogen) atoms. The van der Waals surface area contributed by atoms with Gasteiger partial charge in [-0.15, -0.1) is 0 Å². The number of hydrogen-bond donors (Lipinski definition) is 1. The molecule has 5 nitrogen and oxygen atoms in total. The molecule has 0 aliphatic heterocycles. The molecule has 4 aromatic rings. The number of aryl methyl sites for hydroxylation is 2. The van der Waals surface area contributed by atoms with E-state index in [1.54, 1.807) is 6.07 Å². The first-order valence-corrected chi connectivity index (χ1v) is 8.99. The van der Waals surface area contributed by atoms with Gasteiger partial charge in [-0.05, 0) is 56.2 Å². The number of fused-ring (bicyclic) bond motifs is 1. The summed E-state index contributed by atoms with van der Waals surface area (Å²) in [6, 6.07) is 19.7. The van der Waals surface area contributed by atoms with Gasteiger partial charge in [0.2, 0.25) is 0 Å². The third kappa shape index (κ3) is 3.62. The summed E-state index contributed by atoms with van der Waals surface area (Å²) >= 11 is 0. The summed E-state index contributed by atoms with van der Waals surface area (Å²) in [7, 11) is 0. The molecule has 0 unspecified atom stereocenters. The van der Waals surface area contributed by atoms with E-state index in [0.717, 1.165) is 40.0 Å². The average Bonchev–Trinajstić information content (AvgIpc) is 3.25. The van der Waals surface area contributed by atoms with Gasteiger partial charge >= 0.3 is 0 Å². The normalized spacial score (nSPS) is 11.0. The summed E-state index contributed by atoms with van der Waals surface area (Å²) in [4.78, 5) is 12.3. The van der Waals surface area contributed by atoms with E-state index in [-0.39, 0.29) is 5.91 Å². The molecule has 1 amide bonds. The minimum atomic E-state index is -0.189. The lowest BCUT2D eigenvalue weighted by Crippen LogP contribution is -2.25. The monoisotopic (exact) mass is 359 g/mol. The van der Waals surface area contributed by atoms with Gasteiger partial charge in [0.15, 0.2) is 5.76 Å². The molecule has 136 valence electrons. The molecule has 0 fully saturated rings. The lowest BCUT2D eigenvalue weighted by Gasteiger charge is -2.07. The van der Waals surface area contributed by atoms with E-state index in [9.17, 15) is 4.79 Å². The molecule has 0 spiro atoms. The van der Waals surface area contributed by atoms with Gasteiger partial charge in [0.25, 0.3) is 5.91 Å². The highest BCUT2D eigenvalue weighted by molar-refractivity contribution is 5.96. The Labute approximate surface area is 157 Å². The van der Waals surface area contributed by atoms with E-state index in [0.29, 0.717) is 12.3 Å². The Morgan fingerprint density at radius 1 is 1.07 bits per heavy atom. The number of amides is 1. The predicted molar refractivity (Wildman–Crippen MR) is 105 cm³/mol. The van der Waals surface area contributed by atoms with Crippen molar-refractivity contribution in [2.45, 2.75) is 20.3 Å². The second kappa shape index (κ2) is 7.11. The van der Waals surface area contributed by atoms with Gasteiger partial charge in [-0.25, -0.2) is 4.68 Å². The molecule has 0 aliphatic carbocycles. The fourth-order valence-corrected chi connectivity index (χ4v) is 3.20. The van der Waals surface area contributed by atoms with Crippen molar-refractivity contribution < 1.29 is 9.21 Å². The number of aromatic nitrogens is 2. The van der Waals surface area contributed by atoms with Gasteiger partial charge in [-0.1, -0.05) is 30.3 Å². The van der Waals surface area contributed by atoms with Crippen molar-refractivity contribution in [1.82, 2.24) is 15.1 Å². The summed E-state index contributed by atoms with van der Waals surface area (Å²) in [5.74, 6) is 0.154. The highest BCUT2D eigenvalue weighted by atomic mass is 16.3. The van der Waals surface area contributed by atoms with Crippen LogP contribution < -0.4 is 5.32 Å². The second-order valence-electron chi connectivity index (χ2n) is 6.66. The average molecular weight is 359 g/mol. The smallest absolute Gasteiger partial charge is 0.287 e. The summed E-state index contributed by atoms with van der Waals surface area (Å²) < 4.78 is 7.52. The van der Waals surface area contributed by atoms with E-state index >= 15 is 0 Å². The number of hydrogen-bond acceptors (Lipinski definition) is 3. The van der Waals surface area contributed by atoms with Crippen LogP contribution >= 0.6 is 0 Å². The minimum absolute atomic E-state index is 0.189. The van der Waals surface area contributed by atoms with Gasteiger partial charge in [-0.3, -0.25) is 4.79 Å². The zero-order valence-corrected chi connectivity index (χ0v) is 15.4. The van der Waals surface area contributed by atoms with E-state index in [4.69, 9.17) is 4.42 Å². The summed E-state index contributed by atoms with van der Waals surface area (Å²) in [6.45, 7) is 4.58. The first-order chi connectivity index (χ1) is 13.1. The van der Waals surface area contributed by atoms with Crippen LogP contribution in [-0.4, -0.2) is 22.2 Å². The van der Waals surface area contributed by atoms with Crippen molar-refractivity contribution in [3.05, 3.63) is 83.4 Å². The summed E-state index contributed by atoms with van der Waals surface area (Å²) in [5.41, 5.74) is 5.03. The van der Waals surface area contributed by atoms with Crippen LogP contribution in [0.5, 0.6) is 0 Å². The van der Waals surface area contributed by atoms with Crippen molar-refractivity contribution in [2.24, 2.45) is 0 Å². The van der Waals surface area contributed by atoms with Gasteiger partial charge < -0.3 is 9.73 Å². The maximum absolute atomic E-state index is 12.3. The highest BCUT2D eigenvalue weighted by Crippen LogP contribution is 2.18. The lowest BCUT2D eigenvalue weighted by molar-refractivity contribution is 0.0928.